The second-order valence-corrected chi connectivity index (χ2v) is 9.06. The van der Waals surface area contributed by atoms with Crippen molar-refractivity contribution in [3.63, 3.8) is 0 Å². The van der Waals surface area contributed by atoms with E-state index in [4.69, 9.17) is 9.47 Å². The molecule has 0 unspecified atom stereocenters. The van der Waals surface area contributed by atoms with Crippen molar-refractivity contribution >= 4 is 21.6 Å². The van der Waals surface area contributed by atoms with E-state index < -0.39 is 21.7 Å². The van der Waals surface area contributed by atoms with Gasteiger partial charge in [0.1, 0.15) is 10.6 Å². The Morgan fingerprint density at radius 1 is 1.11 bits per heavy atom. The van der Waals surface area contributed by atoms with Crippen LogP contribution >= 0.6 is 0 Å². The number of aryl methyl sites for hydroxylation is 1. The van der Waals surface area contributed by atoms with Crippen molar-refractivity contribution in [2.24, 2.45) is 7.05 Å². The first-order valence-corrected chi connectivity index (χ1v) is 10.7. The third-order valence-corrected chi connectivity index (χ3v) is 6.58. The van der Waals surface area contributed by atoms with Gasteiger partial charge in [-0.25, -0.2) is 13.1 Å². The molecule has 1 aliphatic heterocycles. The van der Waals surface area contributed by atoms with E-state index in [1.807, 2.05) is 0 Å². The van der Waals surface area contributed by atoms with Crippen LogP contribution in [-0.4, -0.2) is 31.7 Å². The summed E-state index contributed by atoms with van der Waals surface area (Å²) >= 11 is 0. The number of hydrogen-bond donors (Lipinski definition) is 2. The van der Waals surface area contributed by atoms with Crippen LogP contribution in [0.5, 0.6) is 11.5 Å². The van der Waals surface area contributed by atoms with Gasteiger partial charge in [-0.1, -0.05) is 6.42 Å². The second-order valence-electron chi connectivity index (χ2n) is 7.17. The Labute approximate surface area is 163 Å². The highest BCUT2D eigenvalue weighted by Crippen LogP contribution is 2.46. The van der Waals surface area contributed by atoms with Crippen LogP contribution in [0.3, 0.4) is 0 Å². The van der Waals surface area contributed by atoms with Gasteiger partial charge >= 0.3 is 0 Å². The average Bonchev–Trinajstić information content (AvgIpc) is 3.22. The SMILES string of the molecule is CNS(=O)(=O)c1cc(C(=O)Nc2ccc3c(c2)OC2(CCCCC2)O3)n(C)c1. The minimum Gasteiger partial charge on any atom is -0.448 e. The van der Waals surface area contributed by atoms with Crippen LogP contribution in [0.15, 0.2) is 35.4 Å². The first kappa shape index (κ1) is 18.8. The van der Waals surface area contributed by atoms with Gasteiger partial charge in [-0.15, -0.1) is 0 Å². The van der Waals surface area contributed by atoms with Gasteiger partial charge in [-0.3, -0.25) is 4.79 Å². The number of fused-ring (bicyclic) bond motifs is 1. The van der Waals surface area contributed by atoms with Crippen molar-refractivity contribution in [1.29, 1.82) is 0 Å². The summed E-state index contributed by atoms with van der Waals surface area (Å²) in [6.45, 7) is 0. The summed E-state index contributed by atoms with van der Waals surface area (Å²) in [6, 6.07) is 6.61. The highest BCUT2D eigenvalue weighted by Gasteiger charge is 2.42. The van der Waals surface area contributed by atoms with Crippen LogP contribution in [0.25, 0.3) is 0 Å². The first-order chi connectivity index (χ1) is 13.3. The predicted octanol–water partition coefficient (Wildman–Crippen LogP) is 2.62. The number of nitrogens with one attached hydrogen (secondary N) is 2. The van der Waals surface area contributed by atoms with E-state index in [1.165, 1.54) is 30.3 Å². The standard InChI is InChI=1S/C19H23N3O5S/c1-20-28(24,25)14-11-15(22(2)12-14)18(23)21-13-6-7-16-17(10-13)27-19(26-16)8-4-3-5-9-19/h6-7,10-12,20H,3-5,8-9H2,1-2H3,(H,21,23). The number of carbonyl (C=O) groups excluding carboxylic acids is 1. The van der Waals surface area contributed by atoms with Crippen molar-refractivity contribution in [2.75, 3.05) is 12.4 Å². The fraction of sp³-hybridized carbons (Fsp3) is 0.421. The summed E-state index contributed by atoms with van der Waals surface area (Å²) < 4.78 is 39.7. The molecule has 2 aliphatic rings. The third kappa shape index (κ3) is 3.35. The van der Waals surface area contributed by atoms with Gasteiger partial charge in [-0.2, -0.15) is 0 Å². The molecule has 150 valence electrons. The minimum atomic E-state index is -3.62. The van der Waals surface area contributed by atoms with Crippen molar-refractivity contribution in [3.8, 4) is 11.5 Å². The van der Waals surface area contributed by atoms with Gasteiger partial charge in [-0.05, 0) is 38.1 Å². The van der Waals surface area contributed by atoms with Crippen molar-refractivity contribution in [3.05, 3.63) is 36.2 Å². The zero-order valence-corrected chi connectivity index (χ0v) is 16.6. The number of benzene rings is 1. The highest BCUT2D eigenvalue weighted by atomic mass is 32.2. The maximum Gasteiger partial charge on any atom is 0.272 e. The van der Waals surface area contributed by atoms with Crippen LogP contribution in [0.2, 0.25) is 0 Å². The Morgan fingerprint density at radius 2 is 1.82 bits per heavy atom. The van der Waals surface area contributed by atoms with Gasteiger partial charge in [0.15, 0.2) is 11.5 Å². The number of ether oxygens (including phenoxy) is 2. The zero-order valence-electron chi connectivity index (χ0n) is 15.8. The van der Waals surface area contributed by atoms with Gasteiger partial charge in [0.05, 0.1) is 0 Å². The van der Waals surface area contributed by atoms with E-state index in [-0.39, 0.29) is 10.6 Å². The minimum absolute atomic E-state index is 0.0348. The first-order valence-electron chi connectivity index (χ1n) is 9.25. The van der Waals surface area contributed by atoms with Crippen LogP contribution in [0.4, 0.5) is 5.69 Å². The van der Waals surface area contributed by atoms with E-state index in [0.29, 0.717) is 17.2 Å². The van der Waals surface area contributed by atoms with Gasteiger partial charge in [0, 0.05) is 37.8 Å². The quantitative estimate of drug-likeness (QED) is 0.815. The molecule has 8 nitrogen and oxygen atoms in total. The largest absolute Gasteiger partial charge is 0.448 e. The zero-order chi connectivity index (χ0) is 19.9. The van der Waals surface area contributed by atoms with E-state index in [9.17, 15) is 13.2 Å². The van der Waals surface area contributed by atoms with Crippen LogP contribution in [0, 0.1) is 0 Å². The highest BCUT2D eigenvalue weighted by molar-refractivity contribution is 7.89. The van der Waals surface area contributed by atoms with Crippen molar-refractivity contribution in [2.45, 2.75) is 42.8 Å². The monoisotopic (exact) mass is 405 g/mol. The molecule has 2 N–H and O–H groups in total. The molecule has 1 aromatic carbocycles. The lowest BCUT2D eigenvalue weighted by molar-refractivity contribution is -0.105. The molecule has 0 saturated heterocycles. The summed E-state index contributed by atoms with van der Waals surface area (Å²) in [5.74, 6) is 0.315. The Kier molecular flexibility index (Phi) is 4.59. The lowest BCUT2D eigenvalue weighted by Gasteiger charge is -2.31. The fourth-order valence-corrected chi connectivity index (χ4v) is 4.49. The van der Waals surface area contributed by atoms with E-state index >= 15 is 0 Å². The number of nitrogens with zero attached hydrogens (tertiary/aromatic N) is 1. The maximum atomic E-state index is 12.6. The molecule has 0 bridgehead atoms. The van der Waals surface area contributed by atoms with E-state index in [2.05, 4.69) is 10.0 Å². The molecule has 0 radical (unpaired) electrons. The number of anilines is 1. The molecule has 2 aromatic rings. The number of rotatable bonds is 4. The molecule has 1 amide bonds. The van der Waals surface area contributed by atoms with Crippen molar-refractivity contribution < 1.29 is 22.7 Å². The molecule has 4 rings (SSSR count). The summed E-state index contributed by atoms with van der Waals surface area (Å²) in [6.07, 6.45) is 6.44. The number of amides is 1. The topological polar surface area (TPSA) is 98.7 Å². The number of hydrogen-bond acceptors (Lipinski definition) is 5. The summed E-state index contributed by atoms with van der Waals surface area (Å²) in [5, 5.41) is 2.79. The smallest absolute Gasteiger partial charge is 0.272 e. The van der Waals surface area contributed by atoms with Crippen molar-refractivity contribution in [1.82, 2.24) is 9.29 Å². The van der Waals surface area contributed by atoms with Gasteiger partial charge in [0.25, 0.3) is 11.7 Å². The second kappa shape index (κ2) is 6.82. The maximum absolute atomic E-state index is 12.6. The Bertz CT molecular complexity index is 1020. The Hall–Kier alpha value is -2.52. The summed E-state index contributed by atoms with van der Waals surface area (Å²) in [4.78, 5) is 12.7. The molecular weight excluding hydrogens is 382 g/mol. The van der Waals surface area contributed by atoms with Crippen LogP contribution in [-0.2, 0) is 17.1 Å². The molecule has 1 spiro atoms. The molecule has 1 aliphatic carbocycles. The van der Waals surface area contributed by atoms with E-state index in [1.54, 1.807) is 25.2 Å². The summed E-state index contributed by atoms with van der Waals surface area (Å²) in [5.41, 5.74) is 0.787. The lowest BCUT2D eigenvalue weighted by Crippen LogP contribution is -2.40. The van der Waals surface area contributed by atoms with Gasteiger partial charge in [0.2, 0.25) is 10.0 Å². The summed E-state index contributed by atoms with van der Waals surface area (Å²) in [7, 11) is -0.669. The number of aromatic nitrogens is 1. The molecule has 28 heavy (non-hydrogen) atoms. The van der Waals surface area contributed by atoms with Crippen LogP contribution in [0.1, 0.15) is 42.6 Å². The Balaban J connectivity index is 1.52. The normalized spacial score (nSPS) is 17.6. The number of carbonyl (C=O) groups is 1. The molecule has 9 heteroatoms. The lowest BCUT2D eigenvalue weighted by atomic mass is 9.94. The molecule has 1 aromatic heterocycles. The third-order valence-electron chi connectivity index (χ3n) is 5.20. The Morgan fingerprint density at radius 3 is 2.54 bits per heavy atom. The predicted molar refractivity (Wildman–Crippen MR) is 103 cm³/mol. The van der Waals surface area contributed by atoms with Gasteiger partial charge < -0.3 is 19.4 Å². The molecule has 1 saturated carbocycles. The molecular formula is C19H23N3O5S. The fourth-order valence-electron chi connectivity index (χ4n) is 3.69. The van der Waals surface area contributed by atoms with Crippen LogP contribution < -0.4 is 19.5 Å². The molecule has 2 heterocycles. The molecule has 0 atom stereocenters. The van der Waals surface area contributed by atoms with E-state index in [0.717, 1.165) is 25.7 Å². The average molecular weight is 405 g/mol. The molecule has 1 fully saturated rings. The number of sulfonamides is 1.